The van der Waals surface area contributed by atoms with Crippen LogP contribution in [0.1, 0.15) is 31.9 Å². The van der Waals surface area contributed by atoms with Gasteiger partial charge in [0, 0.05) is 33.5 Å². The molecule has 0 N–H and O–H groups in total. The third kappa shape index (κ3) is 3.66. The summed E-state index contributed by atoms with van der Waals surface area (Å²) in [6.07, 6.45) is 2.27. The number of hydrogen-bond donors (Lipinski definition) is 0. The number of fused-ring (bicyclic) bond motifs is 5. The van der Waals surface area contributed by atoms with Crippen molar-refractivity contribution in [3.63, 3.8) is 0 Å². The Kier molecular flexibility index (Phi) is 5.18. The van der Waals surface area contributed by atoms with E-state index in [9.17, 15) is 0 Å². The normalized spacial score (nSPS) is 12.2. The number of aromatic nitrogens is 2. The molecule has 0 atom stereocenters. The van der Waals surface area contributed by atoms with Crippen LogP contribution in [0.15, 0.2) is 109 Å². The van der Waals surface area contributed by atoms with Crippen molar-refractivity contribution in [2.75, 3.05) is 0 Å². The van der Waals surface area contributed by atoms with Crippen molar-refractivity contribution >= 4 is 43.4 Å². The molecule has 0 aliphatic carbocycles. The largest absolute Gasteiger partial charge is 0.309 e. The lowest BCUT2D eigenvalue weighted by molar-refractivity contribution is -0.659. The molecule has 0 aliphatic rings. The maximum Gasteiger partial charge on any atom is 0.213 e. The fourth-order valence-corrected chi connectivity index (χ4v) is 6.35. The summed E-state index contributed by atoms with van der Waals surface area (Å²) in [5, 5.41) is 7.74. The van der Waals surface area contributed by atoms with Crippen molar-refractivity contribution in [2.24, 2.45) is 7.05 Å². The van der Waals surface area contributed by atoms with Crippen LogP contribution in [0.3, 0.4) is 0 Å². The van der Waals surface area contributed by atoms with E-state index < -0.39 is 0 Å². The maximum atomic E-state index is 2.43. The molecule has 0 unspecified atom stereocenters. The second-order valence-corrected chi connectivity index (χ2v) is 11.8. The van der Waals surface area contributed by atoms with E-state index in [0.717, 1.165) is 0 Å². The van der Waals surface area contributed by atoms with Gasteiger partial charge in [0.2, 0.25) is 5.69 Å². The maximum absolute atomic E-state index is 2.43. The van der Waals surface area contributed by atoms with Gasteiger partial charge in [-0.2, -0.15) is 0 Å². The first-order valence-electron chi connectivity index (χ1n) is 13.8. The van der Waals surface area contributed by atoms with Crippen LogP contribution in [0.2, 0.25) is 0 Å². The van der Waals surface area contributed by atoms with E-state index in [0.29, 0.717) is 0 Å². The highest BCUT2D eigenvalue weighted by atomic mass is 15.0. The van der Waals surface area contributed by atoms with E-state index in [1.54, 1.807) is 0 Å². The first-order valence-corrected chi connectivity index (χ1v) is 13.8. The minimum atomic E-state index is 0.0428. The highest BCUT2D eigenvalue weighted by molar-refractivity contribution is 6.09. The number of hydrogen-bond acceptors (Lipinski definition) is 0. The van der Waals surface area contributed by atoms with E-state index in [1.165, 1.54) is 71.4 Å². The van der Waals surface area contributed by atoms with Gasteiger partial charge in [-0.1, -0.05) is 81.4 Å². The summed E-state index contributed by atoms with van der Waals surface area (Å²) in [7, 11) is 2.17. The molecule has 0 bridgehead atoms. The van der Waals surface area contributed by atoms with Crippen molar-refractivity contribution in [3.8, 4) is 16.9 Å². The molecule has 7 rings (SSSR count). The number of nitrogens with zero attached hydrogens (tertiary/aromatic N) is 2. The molecule has 0 radical (unpaired) electrons. The van der Waals surface area contributed by atoms with E-state index in [4.69, 9.17) is 0 Å². The molecule has 0 fully saturated rings. The third-order valence-corrected chi connectivity index (χ3v) is 8.31. The van der Waals surface area contributed by atoms with Crippen LogP contribution in [0.25, 0.3) is 60.3 Å². The lowest BCUT2D eigenvalue weighted by atomic mass is 9.80. The predicted octanol–water partition coefficient (Wildman–Crippen LogP) is 9.19. The summed E-state index contributed by atoms with van der Waals surface area (Å²) in [5.74, 6) is 0. The smallest absolute Gasteiger partial charge is 0.213 e. The number of para-hydroxylation sites is 2. The Morgan fingerprint density at radius 1 is 0.615 bits per heavy atom. The molecule has 2 heteroatoms. The Hall–Kier alpha value is -4.43. The summed E-state index contributed by atoms with van der Waals surface area (Å²) in [5.41, 5.74) is 8.94. The Balaban J connectivity index is 1.49. The Bertz CT molecular complexity index is 2020. The van der Waals surface area contributed by atoms with Crippen LogP contribution in [0.4, 0.5) is 0 Å². The zero-order valence-electron chi connectivity index (χ0n) is 23.3. The van der Waals surface area contributed by atoms with Gasteiger partial charge in [0.05, 0.1) is 11.0 Å². The van der Waals surface area contributed by atoms with Crippen molar-refractivity contribution in [1.82, 2.24) is 4.57 Å². The van der Waals surface area contributed by atoms with E-state index in [1.807, 2.05) is 0 Å². The molecule has 7 aromatic rings. The SMILES string of the molecule is Cc1c(-c2cc3cc(-n4c5ccccc5c5ccccc54)ccc3c[n+]2C)cc(C(C)(C)C)c2ccccc12. The summed E-state index contributed by atoms with van der Waals surface area (Å²) >= 11 is 0. The van der Waals surface area contributed by atoms with Gasteiger partial charge in [0.1, 0.15) is 7.05 Å². The average molecular weight is 506 g/mol. The minimum absolute atomic E-state index is 0.0428. The Labute approximate surface area is 229 Å². The van der Waals surface area contributed by atoms with E-state index in [-0.39, 0.29) is 5.41 Å². The molecule has 2 aromatic heterocycles. The van der Waals surface area contributed by atoms with Gasteiger partial charge in [0.25, 0.3) is 0 Å². The highest BCUT2D eigenvalue weighted by Crippen LogP contribution is 2.38. The summed E-state index contributed by atoms with van der Waals surface area (Å²) in [6.45, 7) is 9.20. The predicted molar refractivity (Wildman–Crippen MR) is 166 cm³/mol. The van der Waals surface area contributed by atoms with Gasteiger partial charge in [-0.15, -0.1) is 0 Å². The molecule has 5 aromatic carbocycles. The van der Waals surface area contributed by atoms with Gasteiger partial charge < -0.3 is 4.57 Å². The number of rotatable bonds is 2. The molecule has 0 aliphatic heterocycles. The lowest BCUT2D eigenvalue weighted by Gasteiger charge is -2.24. The number of benzene rings is 5. The van der Waals surface area contributed by atoms with Crippen molar-refractivity contribution in [2.45, 2.75) is 33.1 Å². The summed E-state index contributed by atoms with van der Waals surface area (Å²) in [6, 6.07) is 37.9. The second-order valence-electron chi connectivity index (χ2n) is 11.8. The van der Waals surface area contributed by atoms with Crippen LogP contribution in [0.5, 0.6) is 0 Å². The lowest BCUT2D eigenvalue weighted by Crippen LogP contribution is -2.30. The zero-order chi connectivity index (χ0) is 26.9. The molecule has 0 amide bonds. The molecule has 2 heterocycles. The van der Waals surface area contributed by atoms with Crippen LogP contribution in [0, 0.1) is 6.92 Å². The van der Waals surface area contributed by atoms with Crippen LogP contribution in [-0.2, 0) is 12.5 Å². The van der Waals surface area contributed by atoms with E-state index in [2.05, 4.69) is 153 Å². The molecule has 2 nitrogen and oxygen atoms in total. The van der Waals surface area contributed by atoms with E-state index >= 15 is 0 Å². The monoisotopic (exact) mass is 505 g/mol. The quantitative estimate of drug-likeness (QED) is 0.207. The van der Waals surface area contributed by atoms with Crippen molar-refractivity contribution in [3.05, 3.63) is 120 Å². The topological polar surface area (TPSA) is 8.81 Å². The average Bonchev–Trinajstić information content (AvgIpc) is 3.27. The summed E-state index contributed by atoms with van der Waals surface area (Å²) < 4.78 is 4.68. The molecule has 0 saturated heterocycles. The first kappa shape index (κ1) is 23.7. The molecule has 0 saturated carbocycles. The first-order chi connectivity index (χ1) is 18.8. The van der Waals surface area contributed by atoms with Crippen LogP contribution in [-0.4, -0.2) is 4.57 Å². The van der Waals surface area contributed by atoms with Crippen LogP contribution >= 0.6 is 0 Å². The van der Waals surface area contributed by atoms with Gasteiger partial charge in [0.15, 0.2) is 6.20 Å². The van der Waals surface area contributed by atoms with Crippen molar-refractivity contribution in [1.29, 1.82) is 0 Å². The van der Waals surface area contributed by atoms with Crippen molar-refractivity contribution < 1.29 is 4.57 Å². The highest BCUT2D eigenvalue weighted by Gasteiger charge is 2.23. The number of pyridine rings is 1. The zero-order valence-corrected chi connectivity index (χ0v) is 23.3. The van der Waals surface area contributed by atoms with Gasteiger partial charge in [-0.05, 0) is 76.0 Å². The fourth-order valence-electron chi connectivity index (χ4n) is 6.35. The van der Waals surface area contributed by atoms with Gasteiger partial charge >= 0.3 is 0 Å². The van der Waals surface area contributed by atoms with Gasteiger partial charge in [-0.3, -0.25) is 0 Å². The van der Waals surface area contributed by atoms with Crippen LogP contribution < -0.4 is 4.57 Å². The second kappa shape index (κ2) is 8.54. The number of aryl methyl sites for hydroxylation is 2. The van der Waals surface area contributed by atoms with Gasteiger partial charge in [-0.25, -0.2) is 4.57 Å². The fraction of sp³-hybridized carbons (Fsp3) is 0.162. The third-order valence-electron chi connectivity index (χ3n) is 8.31. The molecule has 0 spiro atoms. The Morgan fingerprint density at radius 2 is 1.21 bits per heavy atom. The standard InChI is InChI=1S/C37H33N2/c1-24-28-12-6-7-13-29(28)33(37(2,3)4)22-32(24)36-21-26-20-27(19-18-25(26)23-38(36)5)39-34-16-10-8-14-30(34)31-15-9-11-17-35(31)39/h6-23H,1-5H3/q+1. The summed E-state index contributed by atoms with van der Waals surface area (Å²) in [4.78, 5) is 0. The molecule has 190 valence electrons. The Morgan fingerprint density at radius 3 is 1.85 bits per heavy atom. The minimum Gasteiger partial charge on any atom is -0.309 e. The molecule has 39 heavy (non-hydrogen) atoms. The molecular formula is C37H33N2+. The molecular weight excluding hydrogens is 472 g/mol.